The number of aliphatic hydroxyl groups excluding tert-OH is 1. The van der Waals surface area contributed by atoms with E-state index >= 15 is 0 Å². The molecule has 1 heterocycles. The molecular formula is C15H12BrFO3. The predicted molar refractivity (Wildman–Crippen MR) is 75.2 cm³/mol. The van der Waals surface area contributed by atoms with E-state index in [0.29, 0.717) is 23.3 Å². The first-order valence-corrected chi connectivity index (χ1v) is 6.96. The van der Waals surface area contributed by atoms with Gasteiger partial charge in [0, 0.05) is 22.5 Å². The van der Waals surface area contributed by atoms with Crippen LogP contribution in [0.5, 0.6) is 11.5 Å². The Morgan fingerprint density at radius 2 is 2.00 bits per heavy atom. The van der Waals surface area contributed by atoms with Gasteiger partial charge in [-0.25, -0.2) is 4.39 Å². The Morgan fingerprint density at radius 3 is 2.75 bits per heavy atom. The third-order valence-corrected chi connectivity index (χ3v) is 3.81. The van der Waals surface area contributed by atoms with Gasteiger partial charge in [-0.1, -0.05) is 22.0 Å². The summed E-state index contributed by atoms with van der Waals surface area (Å²) >= 11 is 3.35. The van der Waals surface area contributed by atoms with E-state index in [1.165, 1.54) is 12.1 Å². The van der Waals surface area contributed by atoms with Crippen LogP contribution in [0.2, 0.25) is 0 Å². The number of aliphatic hydroxyl groups is 1. The zero-order valence-electron chi connectivity index (χ0n) is 10.4. The number of halogens is 2. The summed E-state index contributed by atoms with van der Waals surface area (Å²) in [4.78, 5) is 0. The average molecular weight is 339 g/mol. The van der Waals surface area contributed by atoms with Gasteiger partial charge < -0.3 is 14.9 Å². The van der Waals surface area contributed by atoms with Crippen LogP contribution in [0.25, 0.3) is 0 Å². The summed E-state index contributed by atoms with van der Waals surface area (Å²) in [7, 11) is 0. The van der Waals surface area contributed by atoms with Gasteiger partial charge in [0.25, 0.3) is 0 Å². The van der Waals surface area contributed by atoms with E-state index in [0.717, 1.165) is 10.5 Å². The Kier molecular flexibility index (Phi) is 3.40. The van der Waals surface area contributed by atoms with Crippen LogP contribution in [0.15, 0.2) is 40.9 Å². The van der Waals surface area contributed by atoms with E-state index in [4.69, 9.17) is 4.74 Å². The van der Waals surface area contributed by atoms with Gasteiger partial charge in [0.1, 0.15) is 23.4 Å². The van der Waals surface area contributed by atoms with Gasteiger partial charge in [0.05, 0.1) is 6.10 Å². The molecule has 1 aliphatic heterocycles. The lowest BCUT2D eigenvalue weighted by molar-refractivity contribution is 0.0654. The largest absolute Gasteiger partial charge is 0.508 e. The molecule has 1 aliphatic rings. The summed E-state index contributed by atoms with van der Waals surface area (Å²) in [6.07, 6.45) is -0.854. The fourth-order valence-corrected chi connectivity index (χ4v) is 2.74. The Balaban J connectivity index is 1.98. The van der Waals surface area contributed by atoms with Crippen molar-refractivity contribution in [1.82, 2.24) is 0 Å². The van der Waals surface area contributed by atoms with Crippen molar-refractivity contribution in [3.63, 3.8) is 0 Å². The van der Waals surface area contributed by atoms with Crippen LogP contribution in [-0.2, 0) is 0 Å². The lowest BCUT2D eigenvalue weighted by Gasteiger charge is -2.30. The van der Waals surface area contributed by atoms with Gasteiger partial charge in [-0.15, -0.1) is 0 Å². The second kappa shape index (κ2) is 5.07. The minimum atomic E-state index is -0.678. The number of aromatic hydroxyl groups is 1. The summed E-state index contributed by atoms with van der Waals surface area (Å²) in [6.45, 7) is 0. The van der Waals surface area contributed by atoms with Gasteiger partial charge in [-0.2, -0.15) is 0 Å². The van der Waals surface area contributed by atoms with E-state index in [9.17, 15) is 14.6 Å². The van der Waals surface area contributed by atoms with Crippen molar-refractivity contribution >= 4 is 15.9 Å². The van der Waals surface area contributed by atoms with Crippen LogP contribution < -0.4 is 4.74 Å². The van der Waals surface area contributed by atoms with Crippen LogP contribution in [-0.4, -0.2) is 10.2 Å². The molecule has 0 aliphatic carbocycles. The first-order chi connectivity index (χ1) is 9.52. The fourth-order valence-electron chi connectivity index (χ4n) is 2.40. The molecule has 0 bridgehead atoms. The second-order valence-corrected chi connectivity index (χ2v) is 5.70. The van der Waals surface area contributed by atoms with E-state index in [1.54, 1.807) is 12.1 Å². The van der Waals surface area contributed by atoms with E-state index in [2.05, 4.69) is 15.9 Å². The number of ether oxygens (including phenoxy) is 1. The molecule has 5 heteroatoms. The molecule has 2 N–H and O–H groups in total. The molecule has 2 aromatic rings. The average Bonchev–Trinajstić information content (AvgIpc) is 2.36. The summed E-state index contributed by atoms with van der Waals surface area (Å²) in [5.41, 5.74) is 1.22. The van der Waals surface area contributed by atoms with E-state index in [-0.39, 0.29) is 5.75 Å². The summed E-state index contributed by atoms with van der Waals surface area (Å²) in [5.74, 6) is -0.122. The lowest BCUT2D eigenvalue weighted by Crippen LogP contribution is -2.19. The molecule has 1 unspecified atom stereocenters. The molecule has 0 aromatic heterocycles. The summed E-state index contributed by atoms with van der Waals surface area (Å²) in [6, 6.07) is 9.18. The highest BCUT2D eigenvalue weighted by molar-refractivity contribution is 9.10. The Bertz CT molecular complexity index is 639. The van der Waals surface area contributed by atoms with Gasteiger partial charge >= 0.3 is 0 Å². The molecule has 0 spiro atoms. The molecule has 3 nitrogen and oxygen atoms in total. The number of hydrogen-bond acceptors (Lipinski definition) is 3. The highest BCUT2D eigenvalue weighted by atomic mass is 79.9. The minimum absolute atomic E-state index is 0.155. The Hall–Kier alpha value is -1.59. The second-order valence-electron chi connectivity index (χ2n) is 4.78. The summed E-state index contributed by atoms with van der Waals surface area (Å²) in [5, 5.41) is 19.6. The van der Waals surface area contributed by atoms with Gasteiger partial charge in [0.2, 0.25) is 0 Å². The monoisotopic (exact) mass is 338 g/mol. The van der Waals surface area contributed by atoms with Crippen LogP contribution in [0, 0.1) is 5.82 Å². The molecular weight excluding hydrogens is 327 g/mol. The van der Waals surface area contributed by atoms with Crippen LogP contribution in [0.3, 0.4) is 0 Å². The Morgan fingerprint density at radius 1 is 1.20 bits per heavy atom. The molecule has 0 saturated carbocycles. The number of fused-ring (bicyclic) bond motifs is 1. The number of phenolic OH excluding ortho intramolecular Hbond substituents is 1. The zero-order chi connectivity index (χ0) is 14.3. The third-order valence-electron chi connectivity index (χ3n) is 3.32. The minimum Gasteiger partial charge on any atom is -0.508 e. The van der Waals surface area contributed by atoms with E-state index in [1.807, 2.05) is 6.07 Å². The predicted octanol–water partition coefficient (Wildman–Crippen LogP) is 3.85. The van der Waals surface area contributed by atoms with Gasteiger partial charge in [-0.3, -0.25) is 0 Å². The number of benzene rings is 2. The van der Waals surface area contributed by atoms with Crippen LogP contribution in [0.1, 0.15) is 29.8 Å². The van der Waals surface area contributed by atoms with E-state index < -0.39 is 18.0 Å². The maximum atomic E-state index is 13.4. The smallest absolute Gasteiger partial charge is 0.127 e. The number of hydrogen-bond donors (Lipinski definition) is 2. The summed E-state index contributed by atoms with van der Waals surface area (Å²) < 4.78 is 20.0. The highest BCUT2D eigenvalue weighted by Gasteiger charge is 2.28. The molecule has 0 fully saturated rings. The molecule has 2 aromatic carbocycles. The van der Waals surface area contributed by atoms with Crippen molar-refractivity contribution in [1.29, 1.82) is 0 Å². The Labute approximate surface area is 123 Å². The van der Waals surface area contributed by atoms with Gasteiger partial charge in [-0.05, 0) is 29.8 Å². The molecule has 3 rings (SSSR count). The molecule has 0 amide bonds. The van der Waals surface area contributed by atoms with Crippen molar-refractivity contribution in [3.8, 4) is 11.5 Å². The SMILES string of the molecule is Oc1cc(F)cc(C2C[C@@H](O)c3ccc(Br)cc3O2)c1. The van der Waals surface area contributed by atoms with Crippen molar-refractivity contribution < 1.29 is 19.3 Å². The quantitative estimate of drug-likeness (QED) is 0.830. The molecule has 0 saturated heterocycles. The third kappa shape index (κ3) is 2.51. The van der Waals surface area contributed by atoms with Crippen LogP contribution >= 0.6 is 15.9 Å². The van der Waals surface area contributed by atoms with Gasteiger partial charge in [0.15, 0.2) is 0 Å². The zero-order valence-corrected chi connectivity index (χ0v) is 12.0. The van der Waals surface area contributed by atoms with Crippen molar-refractivity contribution in [2.75, 3.05) is 0 Å². The van der Waals surface area contributed by atoms with Crippen molar-refractivity contribution in [3.05, 3.63) is 57.8 Å². The lowest BCUT2D eigenvalue weighted by atomic mass is 9.95. The molecule has 104 valence electrons. The molecule has 0 radical (unpaired) electrons. The van der Waals surface area contributed by atoms with Crippen LogP contribution in [0.4, 0.5) is 4.39 Å². The molecule has 20 heavy (non-hydrogen) atoms. The van der Waals surface area contributed by atoms with Crippen molar-refractivity contribution in [2.24, 2.45) is 0 Å². The first-order valence-electron chi connectivity index (χ1n) is 6.16. The highest BCUT2D eigenvalue weighted by Crippen LogP contribution is 2.42. The number of phenols is 1. The normalized spacial score (nSPS) is 21.1. The topological polar surface area (TPSA) is 49.7 Å². The maximum absolute atomic E-state index is 13.4. The standard InChI is InChI=1S/C15H12BrFO3/c16-9-1-2-12-13(19)7-14(20-15(12)5-9)8-3-10(17)6-11(18)4-8/h1-6,13-14,18-19H,7H2/t13-,14?/m1/s1. The van der Waals surface area contributed by atoms with Crippen molar-refractivity contribution in [2.45, 2.75) is 18.6 Å². The number of rotatable bonds is 1. The fraction of sp³-hybridized carbons (Fsp3) is 0.200. The molecule has 2 atom stereocenters. The maximum Gasteiger partial charge on any atom is 0.127 e. The first kappa shape index (κ1) is 13.4.